The number of carboxylic acids is 1. The number of hydrogen-bond acceptors (Lipinski definition) is 7. The van der Waals surface area contributed by atoms with Crippen molar-refractivity contribution in [2.45, 2.75) is 25.6 Å². The molecule has 208 valence electrons. The zero-order chi connectivity index (χ0) is 27.7. The highest BCUT2D eigenvalue weighted by molar-refractivity contribution is 7.92. The Kier molecular flexibility index (Phi) is 7.88. The van der Waals surface area contributed by atoms with E-state index in [-0.39, 0.29) is 31.1 Å². The molecular weight excluding hydrogens is 529 g/mol. The van der Waals surface area contributed by atoms with Crippen LogP contribution in [0.3, 0.4) is 0 Å². The molecule has 11 nitrogen and oxygen atoms in total. The number of benzene rings is 1. The molecule has 2 N–H and O–H groups in total. The fraction of sp³-hybridized carbons (Fsp3) is 0.522. The van der Waals surface area contributed by atoms with E-state index in [1.165, 1.54) is 18.3 Å². The zero-order valence-electron chi connectivity index (χ0n) is 20.7. The maximum Gasteiger partial charge on any atom is 0.418 e. The molecule has 0 unspecified atom stereocenters. The Balaban J connectivity index is 1.37. The summed E-state index contributed by atoms with van der Waals surface area (Å²) < 4.78 is 67.7. The second-order valence-corrected chi connectivity index (χ2v) is 11.3. The van der Waals surface area contributed by atoms with Crippen molar-refractivity contribution in [3.8, 4) is 0 Å². The molecular formula is C23H29F3N6O5S. The monoisotopic (exact) mass is 558 g/mol. The zero-order valence-corrected chi connectivity index (χ0v) is 21.5. The van der Waals surface area contributed by atoms with Gasteiger partial charge in [-0.15, -0.1) is 5.10 Å². The number of aliphatic carboxylic acids is 1. The molecule has 1 aromatic carbocycles. The summed E-state index contributed by atoms with van der Waals surface area (Å²) in [4.78, 5) is 29.0. The second kappa shape index (κ2) is 10.8. The van der Waals surface area contributed by atoms with Crippen LogP contribution in [0.2, 0.25) is 0 Å². The molecule has 1 amide bonds. The summed E-state index contributed by atoms with van der Waals surface area (Å²) in [7, 11) is -3.53. The van der Waals surface area contributed by atoms with Crippen molar-refractivity contribution in [3.05, 3.63) is 41.6 Å². The number of rotatable bonds is 6. The second-order valence-electron chi connectivity index (χ2n) is 9.51. The Morgan fingerprint density at radius 2 is 1.74 bits per heavy atom. The highest BCUT2D eigenvalue weighted by Gasteiger charge is 2.36. The molecule has 2 aromatic rings. The van der Waals surface area contributed by atoms with E-state index in [4.69, 9.17) is 5.11 Å². The normalized spacial score (nSPS) is 18.0. The molecule has 4 rings (SSSR count). The lowest BCUT2D eigenvalue weighted by Gasteiger charge is -2.35. The van der Waals surface area contributed by atoms with Crippen molar-refractivity contribution in [1.82, 2.24) is 19.6 Å². The van der Waals surface area contributed by atoms with Crippen molar-refractivity contribution >= 4 is 33.5 Å². The van der Waals surface area contributed by atoms with E-state index < -0.39 is 39.7 Å². The molecule has 2 aliphatic heterocycles. The summed E-state index contributed by atoms with van der Waals surface area (Å²) in [5.74, 6) is -1.43. The van der Waals surface area contributed by atoms with Crippen molar-refractivity contribution in [3.63, 3.8) is 0 Å². The standard InChI is InChI=1S/C23H29F3N6O5S/c1-38(36,37)28-20-6-9-32(27-20)22(35)31-12-10-29(11-13-31)15-16-2-3-19(18(14-16)23(24,25)26)30-7-4-17(5-8-30)21(33)34/h2-3,6,9,14,17H,4-5,7-8,10-13,15H2,1H3,(H,27,28)(H,33,34). The predicted molar refractivity (Wildman–Crippen MR) is 132 cm³/mol. The molecule has 0 spiro atoms. The first-order chi connectivity index (χ1) is 17.8. The number of carboxylic acid groups (broad SMARTS) is 1. The van der Waals surface area contributed by atoms with E-state index in [0.29, 0.717) is 44.6 Å². The number of halogens is 3. The van der Waals surface area contributed by atoms with Gasteiger partial charge in [0.2, 0.25) is 10.0 Å². The van der Waals surface area contributed by atoms with E-state index in [0.717, 1.165) is 17.0 Å². The lowest BCUT2D eigenvalue weighted by molar-refractivity contribution is -0.142. The fourth-order valence-electron chi connectivity index (χ4n) is 4.73. The third-order valence-corrected chi connectivity index (χ3v) is 7.26. The topological polar surface area (TPSA) is 128 Å². The molecule has 3 heterocycles. The minimum Gasteiger partial charge on any atom is -0.481 e. The summed E-state index contributed by atoms with van der Waals surface area (Å²) in [5.41, 5.74) is -0.191. The number of alkyl halides is 3. The lowest BCUT2D eigenvalue weighted by Crippen LogP contribution is -2.49. The van der Waals surface area contributed by atoms with Crippen LogP contribution in [0, 0.1) is 5.92 Å². The highest BCUT2D eigenvalue weighted by atomic mass is 32.2. The Labute approximate surface area is 217 Å². The molecule has 15 heteroatoms. The summed E-state index contributed by atoms with van der Waals surface area (Å²) in [6.07, 6.45) is -1.64. The third kappa shape index (κ3) is 6.75. The minimum atomic E-state index is -4.56. The fourth-order valence-corrected chi connectivity index (χ4v) is 5.22. The van der Waals surface area contributed by atoms with Gasteiger partial charge >= 0.3 is 18.2 Å². The number of nitrogens with zero attached hydrogens (tertiary/aromatic N) is 5. The summed E-state index contributed by atoms with van der Waals surface area (Å²) in [6.45, 7) is 2.30. The van der Waals surface area contributed by atoms with Gasteiger partial charge in [0.15, 0.2) is 5.82 Å². The predicted octanol–water partition coefficient (Wildman–Crippen LogP) is 2.36. The first-order valence-corrected chi connectivity index (χ1v) is 13.9. The smallest absolute Gasteiger partial charge is 0.418 e. The van der Waals surface area contributed by atoms with Crippen LogP contribution >= 0.6 is 0 Å². The number of sulfonamides is 1. The van der Waals surface area contributed by atoms with Crippen LogP contribution in [0.5, 0.6) is 0 Å². The van der Waals surface area contributed by atoms with Crippen LogP contribution in [-0.4, -0.2) is 90.6 Å². The Morgan fingerprint density at radius 3 is 2.32 bits per heavy atom. The molecule has 0 aliphatic carbocycles. The SMILES string of the molecule is CS(=O)(=O)Nc1ccn(C(=O)N2CCN(Cc3ccc(N4CCC(C(=O)O)CC4)c(C(F)(F)F)c3)CC2)n1. The first-order valence-electron chi connectivity index (χ1n) is 12.0. The molecule has 0 atom stereocenters. The van der Waals surface area contributed by atoms with Gasteiger partial charge in [-0.05, 0) is 30.5 Å². The Hall–Kier alpha value is -3.33. The van der Waals surface area contributed by atoms with Crippen molar-refractivity contribution in [2.75, 3.05) is 55.1 Å². The summed E-state index contributed by atoms with van der Waals surface area (Å²) >= 11 is 0. The number of piperazine rings is 1. The van der Waals surface area contributed by atoms with Gasteiger partial charge in [-0.3, -0.25) is 14.4 Å². The number of carbonyl (C=O) groups excluding carboxylic acids is 1. The molecule has 0 bridgehead atoms. The third-order valence-electron chi connectivity index (χ3n) is 6.68. The quantitative estimate of drug-likeness (QED) is 0.553. The van der Waals surface area contributed by atoms with Crippen LogP contribution in [0.25, 0.3) is 0 Å². The van der Waals surface area contributed by atoms with Crippen molar-refractivity contribution in [2.24, 2.45) is 5.92 Å². The van der Waals surface area contributed by atoms with Crippen LogP contribution in [0.15, 0.2) is 30.5 Å². The molecule has 0 radical (unpaired) electrons. The maximum absolute atomic E-state index is 13.9. The number of carbonyl (C=O) groups is 2. The molecule has 38 heavy (non-hydrogen) atoms. The molecule has 0 saturated carbocycles. The van der Waals surface area contributed by atoms with E-state index in [9.17, 15) is 31.2 Å². The van der Waals surface area contributed by atoms with Gasteiger partial charge in [0.05, 0.1) is 17.7 Å². The molecule has 1 aromatic heterocycles. The molecule has 2 saturated heterocycles. The minimum absolute atomic E-state index is 0.0228. The number of amides is 1. The average Bonchev–Trinajstić information content (AvgIpc) is 3.30. The van der Waals surface area contributed by atoms with E-state index in [2.05, 4.69) is 9.82 Å². The van der Waals surface area contributed by atoms with Gasteiger partial charge in [0.25, 0.3) is 0 Å². The van der Waals surface area contributed by atoms with Gasteiger partial charge in [0.1, 0.15) is 0 Å². The average molecular weight is 559 g/mol. The highest BCUT2D eigenvalue weighted by Crippen LogP contribution is 2.39. The van der Waals surface area contributed by atoms with Crippen LogP contribution in [-0.2, 0) is 27.5 Å². The largest absolute Gasteiger partial charge is 0.481 e. The number of piperidine rings is 1. The van der Waals surface area contributed by atoms with E-state index in [1.54, 1.807) is 15.9 Å². The van der Waals surface area contributed by atoms with Gasteiger partial charge < -0.3 is 14.9 Å². The van der Waals surface area contributed by atoms with Crippen molar-refractivity contribution in [1.29, 1.82) is 0 Å². The van der Waals surface area contributed by atoms with Gasteiger partial charge in [-0.2, -0.15) is 17.9 Å². The van der Waals surface area contributed by atoms with Crippen LogP contribution in [0.4, 0.5) is 29.5 Å². The Morgan fingerprint density at radius 1 is 1.08 bits per heavy atom. The van der Waals surface area contributed by atoms with Gasteiger partial charge in [-0.1, -0.05) is 6.07 Å². The summed E-state index contributed by atoms with van der Waals surface area (Å²) in [6, 6.07) is 5.20. The number of nitrogens with one attached hydrogen (secondary N) is 1. The lowest BCUT2D eigenvalue weighted by atomic mass is 9.95. The van der Waals surface area contributed by atoms with E-state index in [1.807, 2.05) is 4.90 Å². The maximum atomic E-state index is 13.9. The Bertz CT molecular complexity index is 1280. The number of anilines is 2. The van der Waals surface area contributed by atoms with Crippen molar-refractivity contribution < 1.29 is 36.3 Å². The summed E-state index contributed by atoms with van der Waals surface area (Å²) in [5, 5.41) is 13.1. The number of hydrogen-bond donors (Lipinski definition) is 2. The first kappa shape index (κ1) is 27.7. The number of aromatic nitrogens is 2. The van der Waals surface area contributed by atoms with Gasteiger partial charge in [-0.25, -0.2) is 13.2 Å². The van der Waals surface area contributed by atoms with Crippen LogP contribution in [0.1, 0.15) is 24.0 Å². The molecule has 2 aliphatic rings. The van der Waals surface area contributed by atoms with E-state index >= 15 is 0 Å². The molecule has 2 fully saturated rings. The van der Waals surface area contributed by atoms with Gasteiger partial charge in [0, 0.05) is 63.8 Å². The van der Waals surface area contributed by atoms with Crippen LogP contribution < -0.4 is 9.62 Å².